The Morgan fingerprint density at radius 2 is 2.11 bits per heavy atom. The topological polar surface area (TPSA) is 33.2 Å². The highest BCUT2D eigenvalue weighted by atomic mass is 79.9. The summed E-state index contributed by atoms with van der Waals surface area (Å²) in [5.74, 6) is -0.0421. The smallest absolute Gasteiger partial charge is 0.272 e. The number of halogens is 2. The molecule has 2 aromatic rings. The van der Waals surface area contributed by atoms with E-state index in [1.165, 1.54) is 0 Å². The van der Waals surface area contributed by atoms with E-state index in [1.807, 2.05) is 25.1 Å². The number of carbonyl (C=O) groups excluding carboxylic acids is 1. The van der Waals surface area contributed by atoms with Crippen molar-refractivity contribution in [2.24, 2.45) is 0 Å². The van der Waals surface area contributed by atoms with Crippen LogP contribution in [0.25, 0.3) is 0 Å². The monoisotopic (exact) mass is 402 g/mol. The molecule has 0 saturated heterocycles. The van der Waals surface area contributed by atoms with E-state index in [0.29, 0.717) is 18.8 Å². The van der Waals surface area contributed by atoms with E-state index in [4.69, 9.17) is 0 Å². The van der Waals surface area contributed by atoms with Crippen LogP contribution in [-0.4, -0.2) is 22.3 Å². The van der Waals surface area contributed by atoms with E-state index in [1.54, 1.807) is 28.5 Å². The van der Waals surface area contributed by atoms with Crippen LogP contribution in [0.2, 0.25) is 0 Å². The zero-order valence-electron chi connectivity index (χ0n) is 10.3. The summed E-state index contributed by atoms with van der Waals surface area (Å²) in [4.78, 5) is 19.4. The molecule has 100 valence electrons. The van der Waals surface area contributed by atoms with Crippen LogP contribution in [0.1, 0.15) is 22.3 Å². The summed E-state index contributed by atoms with van der Waals surface area (Å²) >= 11 is 8.39. The molecule has 0 aromatic carbocycles. The Balaban J connectivity index is 2.12. The molecule has 1 amide bonds. The predicted octanol–water partition coefficient (Wildman–Crippen LogP) is 4.33. The van der Waals surface area contributed by atoms with Crippen LogP contribution >= 0.6 is 43.2 Å². The molecule has 0 saturated carbocycles. The summed E-state index contributed by atoms with van der Waals surface area (Å²) in [7, 11) is 0. The molecule has 0 unspecified atom stereocenters. The molecule has 2 rings (SSSR count). The SMILES string of the molecule is CCN(Cc1ccc(Br)s1)C(=O)c1ccc(Br)cn1. The summed E-state index contributed by atoms with van der Waals surface area (Å²) in [6.45, 7) is 3.24. The molecule has 0 N–H and O–H groups in total. The molecule has 6 heteroatoms. The molecule has 0 radical (unpaired) electrons. The molecule has 0 aliphatic heterocycles. The maximum atomic E-state index is 12.3. The van der Waals surface area contributed by atoms with E-state index in [2.05, 4.69) is 36.8 Å². The summed E-state index contributed by atoms with van der Waals surface area (Å²) in [5.41, 5.74) is 0.473. The van der Waals surface area contributed by atoms with Crippen molar-refractivity contribution >= 4 is 49.1 Å². The second-order valence-electron chi connectivity index (χ2n) is 3.89. The van der Waals surface area contributed by atoms with Crippen LogP contribution in [-0.2, 0) is 6.54 Å². The Kier molecular flexibility index (Phi) is 5.13. The molecule has 0 spiro atoms. The zero-order chi connectivity index (χ0) is 13.8. The lowest BCUT2D eigenvalue weighted by atomic mass is 10.3. The highest BCUT2D eigenvalue weighted by molar-refractivity contribution is 9.11. The van der Waals surface area contributed by atoms with Crippen LogP contribution in [0.15, 0.2) is 38.7 Å². The molecule has 0 aliphatic carbocycles. The number of hydrogen-bond acceptors (Lipinski definition) is 3. The van der Waals surface area contributed by atoms with E-state index in [0.717, 1.165) is 13.1 Å². The van der Waals surface area contributed by atoms with Gasteiger partial charge in [-0.3, -0.25) is 4.79 Å². The third kappa shape index (κ3) is 3.87. The molecular weight excluding hydrogens is 392 g/mol. The number of hydrogen-bond donors (Lipinski definition) is 0. The first kappa shape index (κ1) is 14.7. The van der Waals surface area contributed by atoms with Gasteiger partial charge in [0.25, 0.3) is 5.91 Å². The van der Waals surface area contributed by atoms with Crippen molar-refractivity contribution in [1.82, 2.24) is 9.88 Å². The summed E-state index contributed by atoms with van der Waals surface area (Å²) in [6.07, 6.45) is 1.64. The van der Waals surface area contributed by atoms with Crippen LogP contribution in [0.4, 0.5) is 0 Å². The maximum Gasteiger partial charge on any atom is 0.272 e. The van der Waals surface area contributed by atoms with Crippen molar-refractivity contribution in [3.8, 4) is 0 Å². The number of nitrogens with zero attached hydrogens (tertiary/aromatic N) is 2. The van der Waals surface area contributed by atoms with Crippen LogP contribution in [0, 0.1) is 0 Å². The normalized spacial score (nSPS) is 10.5. The van der Waals surface area contributed by atoms with Gasteiger partial charge >= 0.3 is 0 Å². The molecule has 0 bridgehead atoms. The molecule has 2 heterocycles. The fourth-order valence-corrected chi connectivity index (χ4v) is 3.35. The van der Waals surface area contributed by atoms with Crippen molar-refractivity contribution in [2.75, 3.05) is 6.54 Å². The predicted molar refractivity (Wildman–Crippen MR) is 84.4 cm³/mol. The third-order valence-electron chi connectivity index (χ3n) is 2.59. The molecule has 0 atom stereocenters. The van der Waals surface area contributed by atoms with Gasteiger partial charge in [0.15, 0.2) is 0 Å². The van der Waals surface area contributed by atoms with Crippen molar-refractivity contribution in [3.05, 3.63) is 49.3 Å². The second-order valence-corrected chi connectivity index (χ2v) is 7.35. The van der Waals surface area contributed by atoms with Gasteiger partial charge in [0.1, 0.15) is 5.69 Å². The highest BCUT2D eigenvalue weighted by Crippen LogP contribution is 2.23. The van der Waals surface area contributed by atoms with Gasteiger partial charge in [0, 0.05) is 22.1 Å². The Bertz CT molecular complexity index is 568. The number of carbonyl (C=O) groups is 1. The minimum Gasteiger partial charge on any atom is -0.332 e. The summed E-state index contributed by atoms with van der Waals surface area (Å²) in [5, 5.41) is 0. The zero-order valence-corrected chi connectivity index (χ0v) is 14.3. The molecular formula is C13H12Br2N2OS. The fourth-order valence-electron chi connectivity index (χ4n) is 1.62. The molecule has 0 fully saturated rings. The first-order valence-electron chi connectivity index (χ1n) is 5.75. The standard InChI is InChI=1S/C13H12Br2N2OS/c1-2-17(8-10-4-6-12(15)19-10)13(18)11-5-3-9(14)7-16-11/h3-7H,2,8H2,1H3. The fraction of sp³-hybridized carbons (Fsp3) is 0.231. The molecule has 19 heavy (non-hydrogen) atoms. The van der Waals surface area contributed by atoms with Gasteiger partial charge in [-0.15, -0.1) is 11.3 Å². The van der Waals surface area contributed by atoms with Gasteiger partial charge < -0.3 is 4.90 Å². The molecule has 2 aromatic heterocycles. The Morgan fingerprint density at radius 1 is 1.32 bits per heavy atom. The number of aromatic nitrogens is 1. The third-order valence-corrected chi connectivity index (χ3v) is 4.67. The molecule has 0 aliphatic rings. The Hall–Kier alpha value is -0.720. The van der Waals surface area contributed by atoms with E-state index >= 15 is 0 Å². The number of thiophene rings is 1. The van der Waals surface area contributed by atoms with Gasteiger partial charge in [-0.05, 0) is 63.0 Å². The van der Waals surface area contributed by atoms with Crippen LogP contribution < -0.4 is 0 Å². The first-order valence-corrected chi connectivity index (χ1v) is 8.15. The van der Waals surface area contributed by atoms with Gasteiger partial charge in [-0.2, -0.15) is 0 Å². The number of amides is 1. The second kappa shape index (κ2) is 6.63. The van der Waals surface area contributed by atoms with Crippen molar-refractivity contribution in [1.29, 1.82) is 0 Å². The van der Waals surface area contributed by atoms with Crippen molar-refractivity contribution in [3.63, 3.8) is 0 Å². The van der Waals surface area contributed by atoms with Gasteiger partial charge in [0.05, 0.1) is 10.3 Å². The maximum absolute atomic E-state index is 12.3. The summed E-state index contributed by atoms with van der Waals surface area (Å²) < 4.78 is 1.95. The average molecular weight is 404 g/mol. The lowest BCUT2D eigenvalue weighted by Gasteiger charge is -2.19. The Morgan fingerprint density at radius 3 is 2.63 bits per heavy atom. The van der Waals surface area contributed by atoms with Crippen molar-refractivity contribution < 1.29 is 4.79 Å². The van der Waals surface area contributed by atoms with E-state index in [-0.39, 0.29) is 5.91 Å². The van der Waals surface area contributed by atoms with Crippen LogP contribution in [0.5, 0.6) is 0 Å². The van der Waals surface area contributed by atoms with E-state index in [9.17, 15) is 4.79 Å². The quantitative estimate of drug-likeness (QED) is 0.760. The lowest BCUT2D eigenvalue weighted by molar-refractivity contribution is 0.0748. The van der Waals surface area contributed by atoms with Gasteiger partial charge in [-0.1, -0.05) is 0 Å². The largest absolute Gasteiger partial charge is 0.332 e. The van der Waals surface area contributed by atoms with Crippen molar-refractivity contribution in [2.45, 2.75) is 13.5 Å². The van der Waals surface area contributed by atoms with Crippen LogP contribution in [0.3, 0.4) is 0 Å². The minimum absolute atomic E-state index is 0.0421. The number of pyridine rings is 1. The number of rotatable bonds is 4. The first-order chi connectivity index (χ1) is 9.10. The average Bonchev–Trinajstić information content (AvgIpc) is 2.81. The minimum atomic E-state index is -0.0421. The molecule has 3 nitrogen and oxygen atoms in total. The van der Waals surface area contributed by atoms with E-state index < -0.39 is 0 Å². The van der Waals surface area contributed by atoms with Gasteiger partial charge in [-0.25, -0.2) is 4.98 Å². The lowest BCUT2D eigenvalue weighted by Crippen LogP contribution is -2.30. The highest BCUT2D eigenvalue weighted by Gasteiger charge is 2.16. The van der Waals surface area contributed by atoms with Gasteiger partial charge in [0.2, 0.25) is 0 Å². The summed E-state index contributed by atoms with van der Waals surface area (Å²) in [6, 6.07) is 7.59. The Labute approximate surface area is 132 Å².